The lowest BCUT2D eigenvalue weighted by Gasteiger charge is -2.06. The summed E-state index contributed by atoms with van der Waals surface area (Å²) in [6, 6.07) is 3.38. The van der Waals surface area contributed by atoms with E-state index in [4.69, 9.17) is 0 Å². The van der Waals surface area contributed by atoms with Crippen LogP contribution in [0.25, 0.3) is 6.08 Å². The molecule has 1 aromatic carbocycles. The third-order valence-electron chi connectivity index (χ3n) is 2.07. The Balaban J connectivity index is 3.30. The number of halogens is 1. The molecule has 0 bridgehead atoms. The first-order valence-corrected chi connectivity index (χ1v) is 5.50. The van der Waals surface area contributed by atoms with Gasteiger partial charge in [-0.2, -0.15) is 0 Å². The lowest BCUT2D eigenvalue weighted by molar-refractivity contribution is -0.385. The van der Waals surface area contributed by atoms with Crippen LogP contribution in [0, 0.1) is 17.0 Å². The maximum absolute atomic E-state index is 10.9. The van der Waals surface area contributed by atoms with Crippen LogP contribution in [-0.4, -0.2) is 23.9 Å². The molecule has 0 radical (unpaired) electrons. The van der Waals surface area contributed by atoms with Crippen molar-refractivity contribution in [1.82, 2.24) is 4.90 Å². The van der Waals surface area contributed by atoms with E-state index >= 15 is 0 Å². The molecule has 0 aliphatic carbocycles. The summed E-state index contributed by atoms with van der Waals surface area (Å²) in [5.41, 5.74) is 1.63. The highest BCUT2D eigenvalue weighted by molar-refractivity contribution is 9.10. The maximum atomic E-state index is 10.9. The fraction of sp³-hybridized carbons (Fsp3) is 0.273. The van der Waals surface area contributed by atoms with Crippen molar-refractivity contribution in [3.05, 3.63) is 44.0 Å². The van der Waals surface area contributed by atoms with E-state index in [-0.39, 0.29) is 10.6 Å². The van der Waals surface area contributed by atoms with Gasteiger partial charge < -0.3 is 4.90 Å². The number of benzene rings is 1. The second-order valence-electron chi connectivity index (χ2n) is 3.69. The predicted octanol–water partition coefficient (Wildman–Crippen LogP) is 3.20. The highest BCUT2D eigenvalue weighted by atomic mass is 79.9. The Morgan fingerprint density at radius 3 is 2.56 bits per heavy atom. The average molecular weight is 285 g/mol. The highest BCUT2D eigenvalue weighted by Crippen LogP contribution is 2.28. The third-order valence-corrected chi connectivity index (χ3v) is 2.52. The molecule has 16 heavy (non-hydrogen) atoms. The molecule has 4 nitrogen and oxygen atoms in total. The first-order valence-electron chi connectivity index (χ1n) is 4.71. The van der Waals surface area contributed by atoms with Crippen LogP contribution in [-0.2, 0) is 0 Å². The minimum Gasteiger partial charge on any atom is -0.383 e. The molecule has 86 valence electrons. The Labute approximate surface area is 103 Å². The van der Waals surface area contributed by atoms with E-state index in [0.717, 1.165) is 10.0 Å². The lowest BCUT2D eigenvalue weighted by Crippen LogP contribution is -2.01. The molecule has 0 aliphatic rings. The third kappa shape index (κ3) is 3.06. The summed E-state index contributed by atoms with van der Waals surface area (Å²) in [6.45, 7) is 1.85. The van der Waals surface area contributed by atoms with Gasteiger partial charge in [0.25, 0.3) is 5.69 Å². The Morgan fingerprint density at radius 2 is 2.06 bits per heavy atom. The first kappa shape index (κ1) is 12.7. The van der Waals surface area contributed by atoms with Gasteiger partial charge in [0, 0.05) is 24.6 Å². The molecular formula is C11H13BrN2O2. The molecule has 1 aromatic rings. The fourth-order valence-corrected chi connectivity index (χ4v) is 1.89. The Kier molecular flexibility index (Phi) is 4.06. The summed E-state index contributed by atoms with van der Waals surface area (Å²) in [7, 11) is 3.74. The monoisotopic (exact) mass is 284 g/mol. The molecule has 0 N–H and O–H groups in total. The van der Waals surface area contributed by atoms with Crippen molar-refractivity contribution < 1.29 is 4.92 Å². The molecule has 1 rings (SSSR count). The van der Waals surface area contributed by atoms with Crippen LogP contribution >= 0.6 is 15.9 Å². The summed E-state index contributed by atoms with van der Waals surface area (Å²) in [5, 5.41) is 10.9. The quantitative estimate of drug-likeness (QED) is 0.633. The van der Waals surface area contributed by atoms with Gasteiger partial charge in [-0.15, -0.1) is 0 Å². The normalized spacial score (nSPS) is 10.8. The topological polar surface area (TPSA) is 46.4 Å². The van der Waals surface area contributed by atoms with E-state index in [1.807, 2.05) is 32.0 Å². The van der Waals surface area contributed by atoms with Gasteiger partial charge in [-0.3, -0.25) is 10.1 Å². The Morgan fingerprint density at radius 1 is 1.44 bits per heavy atom. The van der Waals surface area contributed by atoms with E-state index < -0.39 is 0 Å². The molecule has 0 amide bonds. The van der Waals surface area contributed by atoms with E-state index in [0.29, 0.717) is 5.56 Å². The number of nitro groups is 1. The summed E-state index contributed by atoms with van der Waals surface area (Å²) in [5.74, 6) is 0. The predicted molar refractivity (Wildman–Crippen MR) is 68.3 cm³/mol. The van der Waals surface area contributed by atoms with Crippen molar-refractivity contribution in [2.24, 2.45) is 0 Å². The zero-order valence-electron chi connectivity index (χ0n) is 9.40. The van der Waals surface area contributed by atoms with Gasteiger partial charge in [0.1, 0.15) is 0 Å². The molecule has 0 atom stereocenters. The molecule has 0 aromatic heterocycles. The second kappa shape index (κ2) is 5.12. The number of nitro benzene ring substituents is 1. The van der Waals surface area contributed by atoms with Crippen LogP contribution < -0.4 is 0 Å². The number of aryl methyl sites for hydroxylation is 1. The molecular weight excluding hydrogens is 272 g/mol. The van der Waals surface area contributed by atoms with Gasteiger partial charge in [-0.1, -0.05) is 15.9 Å². The molecule has 5 heteroatoms. The Bertz CT molecular complexity index is 442. The standard InChI is InChI=1S/C11H13BrN2O2/c1-8-6-9(12)7-11(14(15)16)10(8)4-5-13(2)3/h4-7H,1-3H3. The molecule has 0 heterocycles. The molecule has 0 saturated heterocycles. The molecule has 0 fully saturated rings. The van der Waals surface area contributed by atoms with Crippen molar-refractivity contribution in [2.45, 2.75) is 6.92 Å². The second-order valence-corrected chi connectivity index (χ2v) is 4.61. The molecule has 0 unspecified atom stereocenters. The Hall–Kier alpha value is -1.36. The highest BCUT2D eigenvalue weighted by Gasteiger charge is 2.14. The van der Waals surface area contributed by atoms with Gasteiger partial charge in [0.15, 0.2) is 0 Å². The van der Waals surface area contributed by atoms with Crippen molar-refractivity contribution in [1.29, 1.82) is 0 Å². The molecule has 0 spiro atoms. The molecule has 0 aliphatic heterocycles. The largest absolute Gasteiger partial charge is 0.383 e. The lowest BCUT2D eigenvalue weighted by atomic mass is 10.1. The van der Waals surface area contributed by atoms with Crippen LogP contribution in [0.4, 0.5) is 5.69 Å². The number of hydrogen-bond donors (Lipinski definition) is 0. The SMILES string of the molecule is Cc1cc(Br)cc([N+](=O)[O-])c1C=CN(C)C. The van der Waals surface area contributed by atoms with Crippen LogP contribution in [0.3, 0.4) is 0 Å². The van der Waals surface area contributed by atoms with E-state index in [1.165, 1.54) is 6.07 Å². The van der Waals surface area contributed by atoms with Gasteiger partial charge in [0.2, 0.25) is 0 Å². The fourth-order valence-electron chi connectivity index (χ4n) is 1.33. The maximum Gasteiger partial charge on any atom is 0.278 e. The van der Waals surface area contributed by atoms with Crippen LogP contribution in [0.1, 0.15) is 11.1 Å². The van der Waals surface area contributed by atoms with Crippen molar-refractivity contribution in [3.8, 4) is 0 Å². The van der Waals surface area contributed by atoms with E-state index in [9.17, 15) is 10.1 Å². The molecule has 0 saturated carbocycles. The van der Waals surface area contributed by atoms with E-state index in [1.54, 1.807) is 12.3 Å². The van der Waals surface area contributed by atoms with Crippen LogP contribution in [0.5, 0.6) is 0 Å². The number of hydrogen-bond acceptors (Lipinski definition) is 3. The van der Waals surface area contributed by atoms with Crippen LogP contribution in [0.2, 0.25) is 0 Å². The summed E-state index contributed by atoms with van der Waals surface area (Å²) < 4.78 is 0.721. The zero-order chi connectivity index (χ0) is 12.3. The zero-order valence-corrected chi connectivity index (χ0v) is 11.0. The van der Waals surface area contributed by atoms with Crippen molar-refractivity contribution >= 4 is 27.7 Å². The van der Waals surface area contributed by atoms with Gasteiger partial charge in [0.05, 0.1) is 10.5 Å². The average Bonchev–Trinajstić information content (AvgIpc) is 2.14. The van der Waals surface area contributed by atoms with Gasteiger partial charge in [-0.25, -0.2) is 0 Å². The van der Waals surface area contributed by atoms with Crippen molar-refractivity contribution in [2.75, 3.05) is 14.1 Å². The van der Waals surface area contributed by atoms with Gasteiger partial charge in [-0.05, 0) is 30.8 Å². The van der Waals surface area contributed by atoms with Crippen LogP contribution in [0.15, 0.2) is 22.8 Å². The number of nitrogens with zero attached hydrogens (tertiary/aromatic N) is 2. The minimum atomic E-state index is -0.368. The minimum absolute atomic E-state index is 0.116. The summed E-state index contributed by atoms with van der Waals surface area (Å²) in [6.07, 6.45) is 3.54. The van der Waals surface area contributed by atoms with E-state index in [2.05, 4.69) is 15.9 Å². The smallest absolute Gasteiger partial charge is 0.278 e. The van der Waals surface area contributed by atoms with Crippen molar-refractivity contribution in [3.63, 3.8) is 0 Å². The number of rotatable bonds is 3. The summed E-state index contributed by atoms with van der Waals surface area (Å²) >= 11 is 3.26. The summed E-state index contributed by atoms with van der Waals surface area (Å²) in [4.78, 5) is 12.4. The van der Waals surface area contributed by atoms with Gasteiger partial charge >= 0.3 is 0 Å². The first-order chi connectivity index (χ1) is 7.41.